The maximum atomic E-state index is 11.6. The van der Waals surface area contributed by atoms with Crippen molar-refractivity contribution in [2.45, 2.75) is 33.1 Å². The summed E-state index contributed by atoms with van der Waals surface area (Å²) in [4.78, 5) is 25.9. The Morgan fingerprint density at radius 1 is 1.07 bits per heavy atom. The number of nitrogens with one attached hydrogen (secondary N) is 1. The molecule has 0 aliphatic heterocycles. The van der Waals surface area contributed by atoms with E-state index >= 15 is 0 Å². The van der Waals surface area contributed by atoms with Gasteiger partial charge in [0.05, 0.1) is 0 Å². The van der Waals surface area contributed by atoms with Crippen LogP contribution in [0.3, 0.4) is 0 Å². The van der Waals surface area contributed by atoms with Crippen LogP contribution in [0.1, 0.15) is 40.0 Å². The molecule has 0 aromatic carbocycles. The average molecular weight is 191 g/mol. The maximum Gasteiger partial charge on any atom is 0.251 e. The van der Waals surface area contributed by atoms with Gasteiger partial charge in [0.2, 0.25) is 0 Å². The maximum absolute atomic E-state index is 11.6. The summed E-state index contributed by atoms with van der Waals surface area (Å²) in [5.41, 5.74) is 3.05. The van der Waals surface area contributed by atoms with Crippen LogP contribution >= 0.6 is 0 Å². The number of fused-ring (bicyclic) bond motifs is 1. The third-order valence-electron chi connectivity index (χ3n) is 2.95. The summed E-state index contributed by atoms with van der Waals surface area (Å²) in [6.07, 6.45) is 2.28. The van der Waals surface area contributed by atoms with Crippen molar-refractivity contribution in [3.8, 4) is 0 Å². The van der Waals surface area contributed by atoms with Crippen molar-refractivity contribution in [2.75, 3.05) is 0 Å². The van der Waals surface area contributed by atoms with Crippen molar-refractivity contribution in [1.29, 1.82) is 0 Å². The molecule has 14 heavy (non-hydrogen) atoms. The van der Waals surface area contributed by atoms with Crippen molar-refractivity contribution in [2.24, 2.45) is 0 Å². The van der Waals surface area contributed by atoms with Gasteiger partial charge in [-0.15, -0.1) is 0 Å². The van der Waals surface area contributed by atoms with Gasteiger partial charge in [0.25, 0.3) is 5.56 Å². The van der Waals surface area contributed by atoms with Gasteiger partial charge >= 0.3 is 0 Å². The van der Waals surface area contributed by atoms with Gasteiger partial charge in [-0.25, -0.2) is 0 Å². The van der Waals surface area contributed by atoms with Gasteiger partial charge in [0.15, 0.2) is 5.78 Å². The van der Waals surface area contributed by atoms with E-state index in [1.54, 1.807) is 6.92 Å². The van der Waals surface area contributed by atoms with E-state index < -0.39 is 0 Å². The fourth-order valence-electron chi connectivity index (χ4n) is 1.99. The van der Waals surface area contributed by atoms with Crippen molar-refractivity contribution in [3.63, 3.8) is 0 Å². The standard InChI is InChI=1S/C11H13NO2/c1-6-7(2)11(14)12-8-4-3-5-9(13)10(6)8/h3-5H2,1-2H3,(H,12,14). The molecule has 0 saturated carbocycles. The molecule has 1 aromatic rings. The molecule has 3 heteroatoms. The molecule has 1 aliphatic rings. The predicted octanol–water partition coefficient (Wildman–Crippen LogP) is 1.51. The normalized spacial score (nSPS) is 15.4. The number of ketones is 1. The SMILES string of the molecule is Cc1c2c([nH]c(=O)c1C)CCCC2=O. The van der Waals surface area contributed by atoms with E-state index in [9.17, 15) is 9.59 Å². The van der Waals surface area contributed by atoms with Gasteiger partial charge < -0.3 is 4.98 Å². The Kier molecular flexibility index (Phi) is 2.02. The van der Waals surface area contributed by atoms with Gasteiger partial charge in [-0.3, -0.25) is 9.59 Å². The van der Waals surface area contributed by atoms with Crippen molar-refractivity contribution < 1.29 is 4.79 Å². The summed E-state index contributed by atoms with van der Waals surface area (Å²) < 4.78 is 0. The van der Waals surface area contributed by atoms with Crippen LogP contribution in [0, 0.1) is 13.8 Å². The first-order valence-electron chi connectivity index (χ1n) is 4.87. The van der Waals surface area contributed by atoms with Crippen molar-refractivity contribution in [3.05, 3.63) is 32.7 Å². The lowest BCUT2D eigenvalue weighted by atomic mass is 9.90. The highest BCUT2D eigenvalue weighted by Gasteiger charge is 2.21. The fourth-order valence-corrected chi connectivity index (χ4v) is 1.99. The number of hydrogen-bond donors (Lipinski definition) is 1. The Balaban J connectivity index is 2.77. The number of rotatable bonds is 0. The molecule has 0 bridgehead atoms. The first-order valence-corrected chi connectivity index (χ1v) is 4.87. The molecule has 0 radical (unpaired) electrons. The summed E-state index contributed by atoms with van der Waals surface area (Å²) in [6.45, 7) is 3.61. The molecule has 1 N–H and O–H groups in total. The number of Topliss-reactive ketones (excluding diaryl/α,β-unsaturated/α-hetero) is 1. The Morgan fingerprint density at radius 3 is 2.50 bits per heavy atom. The van der Waals surface area contributed by atoms with Gasteiger partial charge in [-0.1, -0.05) is 0 Å². The highest BCUT2D eigenvalue weighted by Crippen LogP contribution is 2.22. The highest BCUT2D eigenvalue weighted by atomic mass is 16.1. The lowest BCUT2D eigenvalue weighted by molar-refractivity contribution is 0.0970. The second-order valence-electron chi connectivity index (χ2n) is 3.83. The molecule has 0 amide bonds. The van der Waals surface area contributed by atoms with Crippen LogP contribution in [-0.2, 0) is 6.42 Å². The van der Waals surface area contributed by atoms with Crippen LogP contribution < -0.4 is 5.56 Å². The number of aromatic nitrogens is 1. The first kappa shape index (κ1) is 9.19. The van der Waals surface area contributed by atoms with E-state index in [1.165, 1.54) is 0 Å². The zero-order valence-corrected chi connectivity index (χ0v) is 8.44. The summed E-state index contributed by atoms with van der Waals surface area (Å²) >= 11 is 0. The van der Waals surface area contributed by atoms with E-state index in [4.69, 9.17) is 0 Å². The molecule has 2 rings (SSSR count). The highest BCUT2D eigenvalue weighted by molar-refractivity contribution is 5.99. The molecule has 0 unspecified atom stereocenters. The molecule has 3 nitrogen and oxygen atoms in total. The smallest absolute Gasteiger partial charge is 0.251 e. The van der Waals surface area contributed by atoms with Crippen LogP contribution in [0.4, 0.5) is 0 Å². The van der Waals surface area contributed by atoms with Crippen molar-refractivity contribution in [1.82, 2.24) is 4.98 Å². The fraction of sp³-hybridized carbons (Fsp3) is 0.455. The van der Waals surface area contributed by atoms with Gasteiger partial charge in [-0.05, 0) is 32.3 Å². The van der Waals surface area contributed by atoms with Crippen molar-refractivity contribution >= 4 is 5.78 Å². The third kappa shape index (κ3) is 1.20. The summed E-state index contributed by atoms with van der Waals surface area (Å²) in [6, 6.07) is 0. The van der Waals surface area contributed by atoms with Gasteiger partial charge in [-0.2, -0.15) is 0 Å². The summed E-state index contributed by atoms with van der Waals surface area (Å²) in [5, 5.41) is 0. The number of H-pyrrole nitrogens is 1. The summed E-state index contributed by atoms with van der Waals surface area (Å²) in [7, 11) is 0. The number of aromatic amines is 1. The van der Waals surface area contributed by atoms with E-state index in [0.29, 0.717) is 12.0 Å². The number of pyridine rings is 1. The summed E-state index contributed by atoms with van der Waals surface area (Å²) in [5.74, 6) is 0.170. The Hall–Kier alpha value is -1.38. The number of hydrogen-bond acceptors (Lipinski definition) is 2. The van der Waals surface area contributed by atoms with Crippen LogP contribution in [0.2, 0.25) is 0 Å². The largest absolute Gasteiger partial charge is 0.325 e. The van der Waals surface area contributed by atoms with E-state index in [-0.39, 0.29) is 11.3 Å². The van der Waals surface area contributed by atoms with E-state index in [2.05, 4.69) is 4.98 Å². The zero-order valence-electron chi connectivity index (χ0n) is 8.44. The average Bonchev–Trinajstić information content (AvgIpc) is 2.14. The monoisotopic (exact) mass is 191 g/mol. The molecule has 1 heterocycles. The lowest BCUT2D eigenvalue weighted by Crippen LogP contribution is -2.23. The van der Waals surface area contributed by atoms with Crippen LogP contribution in [0.5, 0.6) is 0 Å². The number of carbonyl (C=O) groups is 1. The van der Waals surface area contributed by atoms with Gasteiger partial charge in [0.1, 0.15) is 0 Å². The second kappa shape index (κ2) is 3.08. The third-order valence-corrected chi connectivity index (χ3v) is 2.95. The molecular weight excluding hydrogens is 178 g/mol. The quantitative estimate of drug-likeness (QED) is 0.675. The minimum absolute atomic E-state index is 0.0593. The minimum atomic E-state index is -0.0593. The molecular formula is C11H13NO2. The number of carbonyl (C=O) groups excluding carboxylic acids is 1. The first-order chi connectivity index (χ1) is 6.61. The Labute approximate surface area is 82.2 Å². The topological polar surface area (TPSA) is 49.9 Å². The lowest BCUT2D eigenvalue weighted by Gasteiger charge is -2.17. The van der Waals surface area contributed by atoms with E-state index in [1.807, 2.05) is 6.92 Å². The van der Waals surface area contributed by atoms with Crippen LogP contribution in [0.15, 0.2) is 4.79 Å². The number of aryl methyl sites for hydroxylation is 1. The Morgan fingerprint density at radius 2 is 1.79 bits per heavy atom. The molecule has 0 saturated heterocycles. The zero-order chi connectivity index (χ0) is 10.3. The van der Waals surface area contributed by atoms with E-state index in [0.717, 1.165) is 29.7 Å². The second-order valence-corrected chi connectivity index (χ2v) is 3.83. The molecule has 0 spiro atoms. The molecule has 1 aromatic heterocycles. The van der Waals surface area contributed by atoms with Crippen LogP contribution in [-0.4, -0.2) is 10.8 Å². The van der Waals surface area contributed by atoms with Crippen LogP contribution in [0.25, 0.3) is 0 Å². The molecule has 1 aliphatic carbocycles. The predicted molar refractivity (Wildman–Crippen MR) is 53.8 cm³/mol. The Bertz CT molecular complexity index is 457. The molecule has 0 atom stereocenters. The molecule has 74 valence electrons. The minimum Gasteiger partial charge on any atom is -0.325 e. The van der Waals surface area contributed by atoms with Gasteiger partial charge in [0, 0.05) is 23.2 Å². The molecule has 0 fully saturated rings.